The van der Waals surface area contributed by atoms with Crippen LogP contribution in [0.25, 0.3) is 17.0 Å². The second-order valence-electron chi connectivity index (χ2n) is 3.30. The first-order valence-electron chi connectivity index (χ1n) is 4.61. The van der Waals surface area contributed by atoms with E-state index >= 15 is 0 Å². The minimum atomic E-state index is -0.590. The third-order valence-corrected chi connectivity index (χ3v) is 2.29. The molecule has 0 radical (unpaired) electrons. The predicted molar refractivity (Wildman–Crippen MR) is 61.1 cm³/mol. The van der Waals surface area contributed by atoms with Gasteiger partial charge in [-0.2, -0.15) is 0 Å². The van der Waals surface area contributed by atoms with Gasteiger partial charge in [0.2, 0.25) is 5.91 Å². The first kappa shape index (κ1) is 10.2. The second-order valence-corrected chi connectivity index (χ2v) is 3.30. The lowest BCUT2D eigenvalue weighted by Gasteiger charge is -2.03. The molecule has 1 aromatic carbocycles. The van der Waals surface area contributed by atoms with Crippen molar-refractivity contribution >= 4 is 23.0 Å². The number of benzene rings is 1. The van der Waals surface area contributed by atoms with E-state index in [1.165, 1.54) is 24.5 Å². The molecule has 4 nitrogen and oxygen atoms in total. The van der Waals surface area contributed by atoms with Gasteiger partial charge in [0.25, 0.3) is 0 Å². The highest BCUT2D eigenvalue weighted by molar-refractivity contribution is 5.99. The Hall–Kier alpha value is -2.36. The van der Waals surface area contributed by atoms with Gasteiger partial charge in [0.15, 0.2) is 5.43 Å². The molecule has 1 heterocycles. The normalized spacial score (nSPS) is 10.2. The first-order chi connectivity index (χ1) is 7.63. The zero-order valence-corrected chi connectivity index (χ0v) is 8.40. The van der Waals surface area contributed by atoms with Crippen LogP contribution in [0.2, 0.25) is 0 Å². The lowest BCUT2D eigenvalue weighted by atomic mass is 10.1. The summed E-state index contributed by atoms with van der Waals surface area (Å²) in [5, 5.41) is 0.328. The molecule has 0 aliphatic heterocycles. The first-order valence-corrected chi connectivity index (χ1v) is 4.61. The van der Waals surface area contributed by atoms with Gasteiger partial charge in [0, 0.05) is 17.2 Å². The maximum absolute atomic E-state index is 11.6. The molecular formula is C12H9NO3. The van der Waals surface area contributed by atoms with Crippen molar-refractivity contribution in [2.45, 2.75) is 0 Å². The van der Waals surface area contributed by atoms with Crippen molar-refractivity contribution in [2.75, 3.05) is 0 Å². The molecule has 2 N–H and O–H groups in total. The molecule has 2 aromatic rings. The summed E-state index contributed by atoms with van der Waals surface area (Å²) in [5.74, 6) is -0.590. The van der Waals surface area contributed by atoms with Gasteiger partial charge < -0.3 is 10.2 Å². The number of carbonyl (C=O) groups is 1. The highest BCUT2D eigenvalue weighted by atomic mass is 16.3. The van der Waals surface area contributed by atoms with Crippen molar-refractivity contribution < 1.29 is 9.21 Å². The quantitative estimate of drug-likeness (QED) is 0.825. The van der Waals surface area contributed by atoms with Gasteiger partial charge in [-0.3, -0.25) is 9.59 Å². The standard InChI is InChI=1S/C12H9NO3/c1-2-7-5-8(12(13)15)6-9-10(14)3-4-16-11(7)9/h2-6H,1H2,(H2,13,15). The van der Waals surface area contributed by atoms with E-state index in [0.29, 0.717) is 16.5 Å². The summed E-state index contributed by atoms with van der Waals surface area (Å²) in [6, 6.07) is 4.26. The molecule has 0 aliphatic rings. The van der Waals surface area contributed by atoms with Crippen LogP contribution < -0.4 is 11.2 Å². The van der Waals surface area contributed by atoms with E-state index in [4.69, 9.17) is 10.2 Å². The molecule has 0 saturated carbocycles. The van der Waals surface area contributed by atoms with Gasteiger partial charge in [0.1, 0.15) is 5.58 Å². The molecule has 0 unspecified atom stereocenters. The van der Waals surface area contributed by atoms with E-state index in [0.717, 1.165) is 0 Å². The molecule has 0 saturated heterocycles. The summed E-state index contributed by atoms with van der Waals surface area (Å²) < 4.78 is 5.23. The average Bonchev–Trinajstić information content (AvgIpc) is 2.28. The molecule has 4 heteroatoms. The molecule has 80 valence electrons. The lowest BCUT2D eigenvalue weighted by Crippen LogP contribution is -2.12. The van der Waals surface area contributed by atoms with E-state index in [1.54, 1.807) is 6.07 Å². The van der Waals surface area contributed by atoms with Crippen molar-refractivity contribution in [2.24, 2.45) is 5.73 Å². The molecule has 0 bridgehead atoms. The van der Waals surface area contributed by atoms with Crippen LogP contribution in [0.1, 0.15) is 15.9 Å². The Kier molecular flexibility index (Phi) is 2.32. The largest absolute Gasteiger partial charge is 0.463 e. The van der Waals surface area contributed by atoms with Crippen LogP contribution in [-0.4, -0.2) is 5.91 Å². The number of nitrogens with two attached hydrogens (primary N) is 1. The molecule has 1 amide bonds. The van der Waals surface area contributed by atoms with E-state index in [1.807, 2.05) is 0 Å². The zero-order chi connectivity index (χ0) is 11.7. The SMILES string of the molecule is C=Cc1cc(C(N)=O)cc2c(=O)ccoc12. The molecular weight excluding hydrogens is 206 g/mol. The van der Waals surface area contributed by atoms with Gasteiger partial charge in [-0.25, -0.2) is 0 Å². The molecule has 16 heavy (non-hydrogen) atoms. The Morgan fingerprint density at radius 2 is 2.19 bits per heavy atom. The van der Waals surface area contributed by atoms with Crippen molar-refractivity contribution in [1.29, 1.82) is 0 Å². The third-order valence-electron chi connectivity index (χ3n) is 2.29. The van der Waals surface area contributed by atoms with Crippen molar-refractivity contribution in [3.05, 3.63) is 52.4 Å². The summed E-state index contributed by atoms with van der Waals surface area (Å²) in [4.78, 5) is 22.7. The van der Waals surface area contributed by atoms with Crippen LogP contribution in [0.5, 0.6) is 0 Å². The number of hydrogen-bond donors (Lipinski definition) is 1. The Morgan fingerprint density at radius 1 is 1.44 bits per heavy atom. The van der Waals surface area contributed by atoms with Crippen molar-refractivity contribution in [1.82, 2.24) is 0 Å². The van der Waals surface area contributed by atoms with Crippen molar-refractivity contribution in [3.63, 3.8) is 0 Å². The summed E-state index contributed by atoms with van der Waals surface area (Å²) in [7, 11) is 0. The van der Waals surface area contributed by atoms with E-state index in [-0.39, 0.29) is 11.0 Å². The Labute approximate surface area is 91.0 Å². The average molecular weight is 215 g/mol. The van der Waals surface area contributed by atoms with Crippen LogP contribution in [0.3, 0.4) is 0 Å². The number of amides is 1. The predicted octanol–water partition coefficient (Wildman–Crippen LogP) is 1.53. The molecule has 0 spiro atoms. The van der Waals surface area contributed by atoms with Crippen molar-refractivity contribution in [3.8, 4) is 0 Å². The van der Waals surface area contributed by atoms with Crippen LogP contribution in [-0.2, 0) is 0 Å². The molecule has 1 aromatic heterocycles. The van der Waals surface area contributed by atoms with Crippen LogP contribution >= 0.6 is 0 Å². The minimum absolute atomic E-state index is 0.215. The highest BCUT2D eigenvalue weighted by Gasteiger charge is 2.09. The van der Waals surface area contributed by atoms with Crippen LogP contribution in [0.15, 0.2) is 40.3 Å². The van der Waals surface area contributed by atoms with Crippen LogP contribution in [0, 0.1) is 0 Å². The maximum atomic E-state index is 11.6. The van der Waals surface area contributed by atoms with E-state index in [2.05, 4.69) is 6.58 Å². The molecule has 0 atom stereocenters. The number of primary amides is 1. The van der Waals surface area contributed by atoms with E-state index < -0.39 is 5.91 Å². The zero-order valence-electron chi connectivity index (χ0n) is 8.40. The third kappa shape index (κ3) is 1.50. The minimum Gasteiger partial charge on any atom is -0.463 e. The number of carbonyl (C=O) groups excluding carboxylic acids is 1. The van der Waals surface area contributed by atoms with Gasteiger partial charge in [0.05, 0.1) is 11.6 Å². The van der Waals surface area contributed by atoms with Gasteiger partial charge in [-0.1, -0.05) is 12.7 Å². The highest BCUT2D eigenvalue weighted by Crippen LogP contribution is 2.19. The fourth-order valence-corrected chi connectivity index (χ4v) is 1.51. The second kappa shape index (κ2) is 3.66. The van der Waals surface area contributed by atoms with E-state index in [9.17, 15) is 9.59 Å². The maximum Gasteiger partial charge on any atom is 0.248 e. The lowest BCUT2D eigenvalue weighted by molar-refractivity contribution is 0.100. The van der Waals surface area contributed by atoms with Gasteiger partial charge in [-0.15, -0.1) is 0 Å². The number of hydrogen-bond acceptors (Lipinski definition) is 3. The fourth-order valence-electron chi connectivity index (χ4n) is 1.51. The topological polar surface area (TPSA) is 73.3 Å². The monoisotopic (exact) mass is 215 g/mol. The Balaban J connectivity index is 2.95. The smallest absolute Gasteiger partial charge is 0.248 e. The Morgan fingerprint density at radius 3 is 2.81 bits per heavy atom. The fraction of sp³-hybridized carbons (Fsp3) is 0. The summed E-state index contributed by atoms with van der Waals surface area (Å²) >= 11 is 0. The van der Waals surface area contributed by atoms with Gasteiger partial charge >= 0.3 is 0 Å². The molecule has 2 rings (SSSR count). The number of rotatable bonds is 2. The molecule has 0 fully saturated rings. The summed E-state index contributed by atoms with van der Waals surface area (Å²) in [5.41, 5.74) is 6.20. The van der Waals surface area contributed by atoms with Crippen LogP contribution in [0.4, 0.5) is 0 Å². The molecule has 0 aliphatic carbocycles. The summed E-state index contributed by atoms with van der Waals surface area (Å²) in [6.07, 6.45) is 2.82. The number of fused-ring (bicyclic) bond motifs is 1. The van der Waals surface area contributed by atoms with Gasteiger partial charge in [-0.05, 0) is 12.1 Å². The summed E-state index contributed by atoms with van der Waals surface area (Å²) in [6.45, 7) is 3.60. The Bertz CT molecular complexity index is 640.